The normalized spacial score (nSPS) is 13.7. The number of halogens is 1. The topological polar surface area (TPSA) is 92.3 Å². The van der Waals surface area contributed by atoms with Crippen molar-refractivity contribution in [1.82, 2.24) is 14.9 Å². The SMILES string of the molecule is Cc1c2c(c(N(C)S(C)(=O)=O)c3cccnc13)CN(Cc1ccc(F)cc1SOON(C)C)C2=O. The van der Waals surface area contributed by atoms with Crippen LogP contribution in [0.4, 0.5) is 10.1 Å². The zero-order valence-electron chi connectivity index (χ0n) is 19.9. The fourth-order valence-corrected chi connectivity index (χ4v) is 5.26. The highest BCUT2D eigenvalue weighted by molar-refractivity contribution is 7.94. The quantitative estimate of drug-likeness (QED) is 0.252. The highest BCUT2D eigenvalue weighted by atomic mass is 32.2. The lowest BCUT2D eigenvalue weighted by Crippen LogP contribution is -2.26. The molecule has 1 aliphatic rings. The molecule has 186 valence electrons. The van der Waals surface area contributed by atoms with Crippen molar-refractivity contribution in [3.8, 4) is 0 Å². The second-order valence-electron chi connectivity index (χ2n) is 8.41. The van der Waals surface area contributed by atoms with E-state index in [-0.39, 0.29) is 19.0 Å². The third kappa shape index (κ3) is 4.98. The molecule has 2 aromatic carbocycles. The number of nitrogens with zero attached hydrogens (tertiary/aromatic N) is 4. The Morgan fingerprint density at radius 1 is 1.23 bits per heavy atom. The zero-order valence-corrected chi connectivity index (χ0v) is 21.5. The van der Waals surface area contributed by atoms with Gasteiger partial charge in [0.2, 0.25) is 10.0 Å². The predicted molar refractivity (Wildman–Crippen MR) is 131 cm³/mol. The first-order chi connectivity index (χ1) is 16.5. The molecule has 0 radical (unpaired) electrons. The maximum absolute atomic E-state index is 13.9. The van der Waals surface area contributed by atoms with Crippen molar-refractivity contribution in [2.24, 2.45) is 0 Å². The summed E-state index contributed by atoms with van der Waals surface area (Å²) in [5.41, 5.74) is 3.39. The van der Waals surface area contributed by atoms with Crippen LogP contribution in [0.5, 0.6) is 0 Å². The molecule has 0 spiro atoms. The molecule has 0 aliphatic carbocycles. The maximum atomic E-state index is 13.9. The van der Waals surface area contributed by atoms with Gasteiger partial charge in [0.05, 0.1) is 35.1 Å². The van der Waals surface area contributed by atoms with Crippen LogP contribution in [-0.4, -0.2) is 56.7 Å². The number of hydrogen-bond donors (Lipinski definition) is 0. The van der Waals surface area contributed by atoms with Crippen molar-refractivity contribution in [1.29, 1.82) is 0 Å². The lowest BCUT2D eigenvalue weighted by Gasteiger charge is -2.23. The summed E-state index contributed by atoms with van der Waals surface area (Å²) < 4.78 is 45.2. The van der Waals surface area contributed by atoms with Crippen LogP contribution < -0.4 is 4.31 Å². The largest absolute Gasteiger partial charge is 0.330 e. The summed E-state index contributed by atoms with van der Waals surface area (Å²) in [6.45, 7) is 2.16. The van der Waals surface area contributed by atoms with Crippen molar-refractivity contribution in [2.45, 2.75) is 24.9 Å². The number of anilines is 1. The number of sulfonamides is 1. The van der Waals surface area contributed by atoms with E-state index >= 15 is 0 Å². The number of amides is 1. The minimum atomic E-state index is -3.61. The number of pyridine rings is 1. The number of rotatable bonds is 8. The molecule has 4 rings (SSSR count). The van der Waals surface area contributed by atoms with Crippen LogP contribution in [0, 0.1) is 12.7 Å². The molecule has 0 saturated heterocycles. The van der Waals surface area contributed by atoms with E-state index in [1.165, 1.54) is 28.5 Å². The summed E-state index contributed by atoms with van der Waals surface area (Å²) in [5, 5.41) is 1.99. The molecule has 12 heteroatoms. The molecule has 0 saturated carbocycles. The number of hydroxylamine groups is 2. The van der Waals surface area contributed by atoms with Gasteiger partial charge in [0.1, 0.15) is 5.82 Å². The van der Waals surface area contributed by atoms with E-state index in [9.17, 15) is 17.6 Å². The summed E-state index contributed by atoms with van der Waals surface area (Å²) in [6, 6.07) is 7.74. The summed E-state index contributed by atoms with van der Waals surface area (Å²) in [5.74, 6) is -0.704. The molecule has 1 amide bonds. The number of aryl methyl sites for hydroxylation is 1. The van der Waals surface area contributed by atoms with E-state index < -0.39 is 15.8 Å². The monoisotopic (exact) mass is 520 g/mol. The Morgan fingerprint density at radius 3 is 2.66 bits per heavy atom. The lowest BCUT2D eigenvalue weighted by molar-refractivity contribution is -0.340. The third-order valence-corrected chi connectivity index (χ3v) is 7.60. The van der Waals surface area contributed by atoms with Gasteiger partial charge in [-0.25, -0.2) is 12.8 Å². The van der Waals surface area contributed by atoms with Gasteiger partial charge >= 0.3 is 0 Å². The first-order valence-corrected chi connectivity index (χ1v) is 13.2. The fourth-order valence-electron chi connectivity index (χ4n) is 4.09. The van der Waals surface area contributed by atoms with Gasteiger partial charge in [-0.1, -0.05) is 6.07 Å². The van der Waals surface area contributed by atoms with Gasteiger partial charge in [-0.05, 0) is 42.3 Å². The van der Waals surface area contributed by atoms with Crippen LogP contribution in [0.1, 0.15) is 27.0 Å². The first kappa shape index (κ1) is 25.3. The average Bonchev–Trinajstić information content (AvgIpc) is 3.10. The number of benzene rings is 2. The molecule has 0 unspecified atom stereocenters. The number of fused-ring (bicyclic) bond motifs is 2. The molecule has 35 heavy (non-hydrogen) atoms. The Morgan fingerprint density at radius 2 is 1.97 bits per heavy atom. The highest BCUT2D eigenvalue weighted by Crippen LogP contribution is 2.41. The van der Waals surface area contributed by atoms with Crippen molar-refractivity contribution in [3.05, 3.63) is 64.6 Å². The average molecular weight is 521 g/mol. The lowest BCUT2D eigenvalue weighted by atomic mass is 9.97. The first-order valence-electron chi connectivity index (χ1n) is 10.6. The van der Waals surface area contributed by atoms with Crippen LogP contribution in [0.15, 0.2) is 41.4 Å². The number of carbonyl (C=O) groups excluding carboxylic acids is 1. The molecular weight excluding hydrogens is 495 g/mol. The second-order valence-corrected chi connectivity index (χ2v) is 11.2. The minimum Gasteiger partial charge on any atom is -0.330 e. The van der Waals surface area contributed by atoms with Gasteiger partial charge in [0.25, 0.3) is 5.91 Å². The Hall–Kier alpha value is -2.77. The van der Waals surface area contributed by atoms with Gasteiger partial charge in [-0.2, -0.15) is 5.06 Å². The summed E-state index contributed by atoms with van der Waals surface area (Å²) >= 11 is 0.835. The maximum Gasteiger partial charge on any atom is 0.255 e. The molecule has 0 N–H and O–H groups in total. The van der Waals surface area contributed by atoms with E-state index in [1.807, 2.05) is 6.92 Å². The van der Waals surface area contributed by atoms with Gasteiger partial charge in [-0.15, -0.1) is 9.32 Å². The summed E-state index contributed by atoms with van der Waals surface area (Å²) in [6.07, 6.45) is 2.73. The molecule has 3 aromatic rings. The fraction of sp³-hybridized carbons (Fsp3) is 0.304. The summed E-state index contributed by atoms with van der Waals surface area (Å²) in [7, 11) is 1.14. The number of aromatic nitrogens is 1. The molecule has 0 atom stereocenters. The molecule has 0 fully saturated rings. The Kier molecular flexibility index (Phi) is 7.02. The zero-order chi connectivity index (χ0) is 25.5. The van der Waals surface area contributed by atoms with Crippen LogP contribution in [0.25, 0.3) is 10.9 Å². The van der Waals surface area contributed by atoms with Gasteiger partial charge in [0, 0.05) is 56.3 Å². The Labute approximate surface area is 207 Å². The van der Waals surface area contributed by atoms with Gasteiger partial charge < -0.3 is 4.90 Å². The van der Waals surface area contributed by atoms with E-state index in [0.717, 1.165) is 18.3 Å². The molecule has 0 bridgehead atoms. The van der Waals surface area contributed by atoms with E-state index in [2.05, 4.69) is 4.98 Å². The van der Waals surface area contributed by atoms with Gasteiger partial charge in [0.15, 0.2) is 0 Å². The predicted octanol–water partition coefficient (Wildman–Crippen LogP) is 3.67. The third-order valence-electron chi connectivity index (χ3n) is 5.74. The molecule has 1 aromatic heterocycles. The smallest absolute Gasteiger partial charge is 0.255 e. The minimum absolute atomic E-state index is 0.159. The number of carbonyl (C=O) groups is 1. The highest BCUT2D eigenvalue weighted by Gasteiger charge is 2.36. The van der Waals surface area contributed by atoms with E-state index in [4.69, 9.17) is 9.32 Å². The van der Waals surface area contributed by atoms with Crippen molar-refractivity contribution in [3.63, 3.8) is 0 Å². The van der Waals surface area contributed by atoms with Crippen LogP contribution >= 0.6 is 12.0 Å². The van der Waals surface area contributed by atoms with Gasteiger partial charge in [-0.3, -0.25) is 14.1 Å². The molecule has 9 nitrogen and oxygen atoms in total. The van der Waals surface area contributed by atoms with Crippen molar-refractivity contribution >= 4 is 44.6 Å². The summed E-state index contributed by atoms with van der Waals surface area (Å²) in [4.78, 5) is 25.0. The van der Waals surface area contributed by atoms with Crippen LogP contribution in [0.3, 0.4) is 0 Å². The molecule has 1 aliphatic heterocycles. The van der Waals surface area contributed by atoms with Crippen LogP contribution in [-0.2, 0) is 32.4 Å². The Balaban J connectivity index is 1.76. The molecule has 2 heterocycles. The van der Waals surface area contributed by atoms with Crippen LogP contribution in [0.2, 0.25) is 0 Å². The van der Waals surface area contributed by atoms with Crippen molar-refractivity contribution < 1.29 is 26.9 Å². The molecular formula is C23H25FN4O5S2. The van der Waals surface area contributed by atoms with E-state index in [1.54, 1.807) is 43.4 Å². The number of hydrogen-bond acceptors (Lipinski definition) is 8. The van der Waals surface area contributed by atoms with Crippen molar-refractivity contribution in [2.75, 3.05) is 31.7 Å². The standard InChI is InChI=1S/C23H25FN4O5S2/c1-14-20-18(22(27(4)35(5,30)31)17-7-6-10-25-21(14)17)13-28(23(20)29)12-15-8-9-16(24)11-19(15)34-33-32-26(2)3/h6-11H,12-13H2,1-5H3. The van der Waals surface area contributed by atoms with E-state index in [0.29, 0.717) is 43.7 Å². The Bertz CT molecular complexity index is 1410. The second kappa shape index (κ2) is 9.70.